The molecular weight excluding hydrogens is 576 g/mol. The van der Waals surface area contributed by atoms with Crippen LogP contribution < -0.4 is 10.0 Å². The molecule has 3 aromatic carbocycles. The lowest BCUT2D eigenvalue weighted by molar-refractivity contribution is -0.110. The molecule has 224 valence electrons. The summed E-state index contributed by atoms with van der Waals surface area (Å²) in [6, 6.07) is 23.0. The number of H-pyrrole nitrogens is 1. The van der Waals surface area contributed by atoms with E-state index in [-0.39, 0.29) is 16.9 Å². The van der Waals surface area contributed by atoms with Crippen molar-refractivity contribution in [2.45, 2.75) is 37.5 Å². The number of anilines is 2. The number of benzene rings is 3. The average molecular weight is 609 g/mol. The number of hydrogen-bond donors (Lipinski definition) is 3. The van der Waals surface area contributed by atoms with Gasteiger partial charge in [0.2, 0.25) is 0 Å². The zero-order valence-electron chi connectivity index (χ0n) is 24.2. The molecule has 0 saturated carbocycles. The fourth-order valence-electron chi connectivity index (χ4n) is 5.55. The Kier molecular flexibility index (Phi) is 8.08. The van der Waals surface area contributed by atoms with Gasteiger partial charge in [-0.1, -0.05) is 36.4 Å². The van der Waals surface area contributed by atoms with Crippen molar-refractivity contribution in [1.82, 2.24) is 9.55 Å². The Labute approximate surface area is 255 Å². The Balaban J connectivity index is 0.000000205. The maximum absolute atomic E-state index is 12.9. The number of sulfonamides is 1. The molecule has 1 aliphatic carbocycles. The standard InChI is InChI=1S/C23H21N3O3S.C11H11NO2/c27-23-20(13-22-18-9-5-4-6-15(18)14-24-22)19-12-17(10-11-21(19)25-23)30(28,29)26-16-7-2-1-3-8-16;1-2-14-11(13)12-8-7-9-5-3-4-6-10(9)12/h1-3,7-8,10-14,24,26H,4-6,9H2,(H,25,27);3-8H,2H2,1H3. The lowest BCUT2D eigenvalue weighted by atomic mass is 9.93. The number of fused-ring (bicyclic) bond motifs is 3. The van der Waals surface area contributed by atoms with Crippen molar-refractivity contribution in [3.8, 4) is 0 Å². The van der Waals surface area contributed by atoms with Crippen molar-refractivity contribution in [3.63, 3.8) is 0 Å². The van der Waals surface area contributed by atoms with Gasteiger partial charge in [-0.2, -0.15) is 0 Å². The molecule has 0 spiro atoms. The van der Waals surface area contributed by atoms with E-state index in [0.29, 0.717) is 29.1 Å². The van der Waals surface area contributed by atoms with Gasteiger partial charge in [-0.25, -0.2) is 13.2 Å². The van der Waals surface area contributed by atoms with E-state index in [4.69, 9.17) is 4.74 Å². The van der Waals surface area contributed by atoms with Crippen molar-refractivity contribution in [1.29, 1.82) is 0 Å². The smallest absolute Gasteiger partial charge is 0.418 e. The minimum absolute atomic E-state index is 0.112. The van der Waals surface area contributed by atoms with E-state index in [1.165, 1.54) is 28.2 Å². The first-order valence-electron chi connectivity index (χ1n) is 14.5. The molecule has 0 unspecified atom stereocenters. The molecule has 0 atom stereocenters. The van der Waals surface area contributed by atoms with Gasteiger partial charge in [0, 0.05) is 40.4 Å². The number of aryl methyl sites for hydroxylation is 1. The van der Waals surface area contributed by atoms with Gasteiger partial charge in [0.25, 0.3) is 15.9 Å². The molecule has 7 rings (SSSR count). The maximum Gasteiger partial charge on any atom is 0.418 e. The van der Waals surface area contributed by atoms with E-state index in [1.54, 1.807) is 49.5 Å². The van der Waals surface area contributed by atoms with E-state index in [0.717, 1.165) is 35.9 Å². The highest BCUT2D eigenvalue weighted by atomic mass is 32.2. The van der Waals surface area contributed by atoms with Crippen LogP contribution in [0.3, 0.4) is 0 Å². The third-order valence-corrected chi connectivity index (χ3v) is 9.08. The Morgan fingerprint density at radius 3 is 2.59 bits per heavy atom. The zero-order valence-corrected chi connectivity index (χ0v) is 25.0. The predicted molar refractivity (Wildman–Crippen MR) is 172 cm³/mol. The molecule has 2 aromatic heterocycles. The van der Waals surface area contributed by atoms with Gasteiger partial charge in [-0.05, 0) is 92.3 Å². The molecule has 3 heterocycles. The van der Waals surface area contributed by atoms with E-state index in [9.17, 15) is 18.0 Å². The highest BCUT2D eigenvalue weighted by Crippen LogP contribution is 2.36. The van der Waals surface area contributed by atoms with Gasteiger partial charge in [0.15, 0.2) is 0 Å². The van der Waals surface area contributed by atoms with Crippen molar-refractivity contribution in [2.75, 3.05) is 16.6 Å². The largest absolute Gasteiger partial charge is 0.449 e. The van der Waals surface area contributed by atoms with Crippen LogP contribution in [0.5, 0.6) is 0 Å². The summed E-state index contributed by atoms with van der Waals surface area (Å²) >= 11 is 0. The highest BCUT2D eigenvalue weighted by Gasteiger charge is 2.27. The number of carbonyl (C=O) groups is 2. The minimum Gasteiger partial charge on any atom is -0.449 e. The summed E-state index contributed by atoms with van der Waals surface area (Å²) in [5, 5.41) is 3.87. The fraction of sp³-hybridized carbons (Fsp3) is 0.176. The molecule has 0 fully saturated rings. The number of hydrogen-bond acceptors (Lipinski definition) is 5. The van der Waals surface area contributed by atoms with Gasteiger partial charge in [0.1, 0.15) is 0 Å². The van der Waals surface area contributed by atoms with Crippen LogP contribution in [0.4, 0.5) is 16.2 Å². The van der Waals surface area contributed by atoms with E-state index in [1.807, 2.05) is 48.7 Å². The predicted octanol–water partition coefficient (Wildman–Crippen LogP) is 6.83. The van der Waals surface area contributed by atoms with Crippen LogP contribution in [0.25, 0.3) is 22.6 Å². The molecule has 2 aliphatic rings. The van der Waals surface area contributed by atoms with Crippen LogP contribution in [-0.4, -0.2) is 36.6 Å². The second-order valence-corrected chi connectivity index (χ2v) is 12.2. The zero-order chi connectivity index (χ0) is 30.7. The number of amides is 1. The number of rotatable bonds is 5. The van der Waals surface area contributed by atoms with Crippen LogP contribution in [0.15, 0.2) is 96.2 Å². The van der Waals surface area contributed by atoms with E-state index >= 15 is 0 Å². The first-order chi connectivity index (χ1) is 21.3. The number of para-hydroxylation sites is 2. The molecule has 0 radical (unpaired) electrons. The van der Waals surface area contributed by atoms with E-state index < -0.39 is 10.0 Å². The summed E-state index contributed by atoms with van der Waals surface area (Å²) in [4.78, 5) is 27.5. The van der Waals surface area contributed by atoms with Gasteiger partial charge < -0.3 is 15.0 Å². The van der Waals surface area contributed by atoms with Crippen molar-refractivity contribution >= 4 is 56.0 Å². The molecule has 3 N–H and O–H groups in total. The number of ether oxygens (including phenoxy) is 1. The summed E-state index contributed by atoms with van der Waals surface area (Å²) < 4.78 is 34.7. The first-order valence-corrected chi connectivity index (χ1v) is 16.0. The number of aromatic nitrogens is 2. The lowest BCUT2D eigenvalue weighted by Gasteiger charge is -2.11. The van der Waals surface area contributed by atoms with Crippen molar-refractivity contribution in [3.05, 3.63) is 114 Å². The SMILES string of the molecule is CCOC(=O)n1ccc2ccccc21.O=C1Nc2ccc(S(=O)(=O)Nc3ccccc3)cc2C1=Cc1[nH]cc2c1CCCC2. The molecule has 1 aliphatic heterocycles. The van der Waals surface area contributed by atoms with Crippen LogP contribution in [0.2, 0.25) is 0 Å². The summed E-state index contributed by atoms with van der Waals surface area (Å²) in [5.41, 5.74) is 6.53. The fourth-order valence-corrected chi connectivity index (χ4v) is 6.64. The van der Waals surface area contributed by atoms with Crippen molar-refractivity contribution < 1.29 is 22.7 Å². The number of nitrogens with zero attached hydrogens (tertiary/aromatic N) is 1. The molecule has 10 heteroatoms. The Morgan fingerprint density at radius 2 is 1.77 bits per heavy atom. The topological polar surface area (TPSA) is 122 Å². The summed E-state index contributed by atoms with van der Waals surface area (Å²) in [6.45, 7) is 2.19. The molecule has 9 nitrogen and oxygen atoms in total. The summed E-state index contributed by atoms with van der Waals surface area (Å²) in [6.07, 6.45) is 9.60. The molecular formula is C34H32N4O5S. The quantitative estimate of drug-likeness (QED) is 0.189. The Hall–Kier alpha value is -5.09. The second kappa shape index (κ2) is 12.3. The molecule has 5 aromatic rings. The maximum atomic E-state index is 12.9. The van der Waals surface area contributed by atoms with Crippen molar-refractivity contribution in [2.24, 2.45) is 0 Å². The van der Waals surface area contributed by atoms with Crippen LogP contribution in [-0.2, 0) is 32.4 Å². The van der Waals surface area contributed by atoms with Crippen LogP contribution in [0.1, 0.15) is 42.1 Å². The number of aromatic amines is 1. The number of nitrogens with one attached hydrogen (secondary N) is 3. The third kappa shape index (κ3) is 5.89. The van der Waals surface area contributed by atoms with Gasteiger partial charge in [0.05, 0.1) is 22.6 Å². The lowest BCUT2D eigenvalue weighted by Crippen LogP contribution is -2.13. The molecule has 0 bridgehead atoms. The Morgan fingerprint density at radius 1 is 1.00 bits per heavy atom. The van der Waals surface area contributed by atoms with Crippen LogP contribution >= 0.6 is 0 Å². The molecule has 0 saturated heterocycles. The van der Waals surface area contributed by atoms with Crippen LogP contribution in [0, 0.1) is 0 Å². The first kappa shape index (κ1) is 29.0. The van der Waals surface area contributed by atoms with Gasteiger partial charge in [-0.15, -0.1) is 0 Å². The normalized spacial score (nSPS) is 14.8. The number of carbonyl (C=O) groups excluding carboxylic acids is 2. The summed E-state index contributed by atoms with van der Waals surface area (Å²) in [7, 11) is -3.78. The van der Waals surface area contributed by atoms with Gasteiger partial charge in [-0.3, -0.25) is 14.1 Å². The average Bonchev–Trinajstić information content (AvgIpc) is 3.73. The Bertz CT molecular complexity index is 1990. The van der Waals surface area contributed by atoms with E-state index in [2.05, 4.69) is 15.0 Å². The highest BCUT2D eigenvalue weighted by molar-refractivity contribution is 7.92. The minimum atomic E-state index is -3.78. The van der Waals surface area contributed by atoms with Gasteiger partial charge >= 0.3 is 6.09 Å². The summed E-state index contributed by atoms with van der Waals surface area (Å²) in [5.74, 6) is -0.227. The molecule has 1 amide bonds. The second-order valence-electron chi connectivity index (χ2n) is 10.5. The molecule has 44 heavy (non-hydrogen) atoms. The monoisotopic (exact) mass is 608 g/mol. The third-order valence-electron chi connectivity index (χ3n) is 7.70.